The van der Waals surface area contributed by atoms with E-state index in [1.165, 1.54) is 0 Å². The van der Waals surface area contributed by atoms with Gasteiger partial charge in [0, 0.05) is 6.92 Å². The Morgan fingerprint density at radius 2 is 2.17 bits per heavy atom. The Labute approximate surface area is 40.3 Å². The molecule has 0 rings (SSSR count). The summed E-state index contributed by atoms with van der Waals surface area (Å²) < 4.78 is 9.93. The van der Waals surface area contributed by atoms with Gasteiger partial charge in [-0.05, 0) is 6.58 Å². The van der Waals surface area contributed by atoms with Gasteiger partial charge in [0.2, 0.25) is 0 Å². The number of hydrogen-bond donors (Lipinski definition) is 1. The molecule has 0 saturated heterocycles. The summed E-state index contributed by atoms with van der Waals surface area (Å²) in [7, 11) is 0. The summed E-state index contributed by atoms with van der Waals surface area (Å²) in [6.07, 6.45) is 0. The Hall–Kier alpha value is 0.01000. The Morgan fingerprint density at radius 3 is 2.17 bits per heavy atom. The lowest BCUT2D eigenvalue weighted by Crippen LogP contribution is -2.11. The van der Waals surface area contributed by atoms with E-state index in [4.69, 9.17) is 5.14 Å². The molecule has 0 aliphatic rings. The minimum absolute atomic E-state index is 0.509. The molecule has 1 atom stereocenters. The van der Waals surface area contributed by atoms with Crippen LogP contribution in [-0.4, -0.2) is 4.55 Å². The van der Waals surface area contributed by atoms with E-state index in [1.54, 1.807) is 6.92 Å². The van der Waals surface area contributed by atoms with Crippen LogP contribution in [0.15, 0.2) is 11.5 Å². The van der Waals surface area contributed by atoms with Crippen LogP contribution in [0.4, 0.5) is 0 Å². The van der Waals surface area contributed by atoms with Gasteiger partial charge in [-0.25, -0.2) is 0 Å². The second kappa shape index (κ2) is 2.23. The van der Waals surface area contributed by atoms with Gasteiger partial charge in [0.15, 0.2) is 0 Å². The van der Waals surface area contributed by atoms with Crippen LogP contribution in [0.5, 0.6) is 0 Å². The van der Waals surface area contributed by atoms with Crippen molar-refractivity contribution in [3.8, 4) is 0 Å². The largest absolute Gasteiger partial charge is 0.593 e. The van der Waals surface area contributed by atoms with E-state index in [0.29, 0.717) is 4.91 Å². The minimum Gasteiger partial charge on any atom is -0.593 e. The molecule has 2 N–H and O–H groups in total. The average molecular weight is 105 g/mol. The molecule has 36 valence electrons. The van der Waals surface area contributed by atoms with Crippen LogP contribution in [0.1, 0.15) is 6.92 Å². The highest BCUT2D eigenvalue weighted by Crippen LogP contribution is 1.91. The molecule has 0 aromatic rings. The molecule has 0 radical (unpaired) electrons. The van der Waals surface area contributed by atoms with Gasteiger partial charge < -0.3 is 4.55 Å². The smallest absolute Gasteiger partial charge is 0.140 e. The van der Waals surface area contributed by atoms with E-state index in [9.17, 15) is 4.55 Å². The standard InChI is InChI=1S/C3H7NOS/c1-3(2)6(4)5/h1,4H2,2H3/t6-/m1/s1. The topological polar surface area (TPSA) is 49.1 Å². The fourth-order valence-corrected chi connectivity index (χ4v) is 0. The SMILES string of the molecule is C=C(C)[S@+](N)[O-]. The van der Waals surface area contributed by atoms with Crippen LogP contribution >= 0.6 is 0 Å². The Balaban J connectivity index is 3.26. The van der Waals surface area contributed by atoms with Gasteiger partial charge >= 0.3 is 0 Å². The monoisotopic (exact) mass is 105 g/mol. The minimum atomic E-state index is -1.31. The second-order valence-corrected chi connectivity index (χ2v) is 2.29. The molecule has 0 spiro atoms. The molecule has 0 aliphatic carbocycles. The fourth-order valence-electron chi connectivity index (χ4n) is 0. The number of allylic oxidation sites excluding steroid dienone is 1. The Bertz CT molecular complexity index is 61.8. The molecule has 2 nitrogen and oxygen atoms in total. The third kappa shape index (κ3) is 2.26. The predicted molar refractivity (Wildman–Crippen MR) is 27.1 cm³/mol. The van der Waals surface area contributed by atoms with Crippen molar-refractivity contribution in [2.75, 3.05) is 0 Å². The highest BCUT2D eigenvalue weighted by atomic mass is 32.2. The fraction of sp³-hybridized carbons (Fsp3) is 0.333. The van der Waals surface area contributed by atoms with Crippen molar-refractivity contribution in [3.63, 3.8) is 0 Å². The lowest BCUT2D eigenvalue weighted by Gasteiger charge is -1.96. The summed E-state index contributed by atoms with van der Waals surface area (Å²) in [5.41, 5.74) is 0. The first kappa shape index (κ1) is 6.01. The number of hydrogen-bond acceptors (Lipinski definition) is 2. The van der Waals surface area contributed by atoms with Crippen molar-refractivity contribution in [3.05, 3.63) is 11.5 Å². The van der Waals surface area contributed by atoms with Crippen LogP contribution in [-0.2, 0) is 11.4 Å². The van der Waals surface area contributed by atoms with Crippen molar-refractivity contribution < 1.29 is 4.55 Å². The van der Waals surface area contributed by atoms with Crippen LogP contribution in [0.3, 0.4) is 0 Å². The van der Waals surface area contributed by atoms with Gasteiger partial charge in [0.05, 0.1) is 11.4 Å². The van der Waals surface area contributed by atoms with Crippen molar-refractivity contribution in [1.29, 1.82) is 0 Å². The molecular weight excluding hydrogens is 98.1 g/mol. The molecule has 0 aromatic carbocycles. The maximum absolute atomic E-state index is 9.93. The molecule has 0 heterocycles. The number of rotatable bonds is 1. The molecule has 0 amide bonds. The van der Waals surface area contributed by atoms with E-state index in [0.717, 1.165) is 0 Å². The molecule has 0 unspecified atom stereocenters. The van der Waals surface area contributed by atoms with Crippen molar-refractivity contribution in [2.45, 2.75) is 6.92 Å². The highest BCUT2D eigenvalue weighted by molar-refractivity contribution is 7.92. The molecular formula is C3H7NOS. The van der Waals surface area contributed by atoms with Crippen LogP contribution < -0.4 is 5.14 Å². The second-order valence-electron chi connectivity index (χ2n) is 0.999. The average Bonchev–Trinajstić information content (AvgIpc) is 1.36. The molecule has 6 heavy (non-hydrogen) atoms. The molecule has 3 heteroatoms. The summed E-state index contributed by atoms with van der Waals surface area (Å²) in [6.45, 7) is 4.95. The quantitative estimate of drug-likeness (QED) is 0.482. The molecule has 0 bridgehead atoms. The van der Waals surface area contributed by atoms with Gasteiger partial charge in [0.1, 0.15) is 4.91 Å². The molecule has 0 aromatic heterocycles. The van der Waals surface area contributed by atoms with Gasteiger partial charge in [0.25, 0.3) is 0 Å². The van der Waals surface area contributed by atoms with E-state index >= 15 is 0 Å². The lowest BCUT2D eigenvalue weighted by molar-refractivity contribution is 0.602. The van der Waals surface area contributed by atoms with Gasteiger partial charge in [-0.3, -0.25) is 0 Å². The zero-order valence-corrected chi connectivity index (χ0v) is 4.42. The van der Waals surface area contributed by atoms with E-state index in [1.807, 2.05) is 0 Å². The van der Waals surface area contributed by atoms with Crippen molar-refractivity contribution in [2.24, 2.45) is 5.14 Å². The Morgan fingerprint density at radius 1 is 2.00 bits per heavy atom. The summed E-state index contributed by atoms with van der Waals surface area (Å²) in [5.74, 6) is 0. The van der Waals surface area contributed by atoms with E-state index < -0.39 is 11.4 Å². The molecule has 0 fully saturated rings. The zero-order chi connectivity index (χ0) is 5.15. The summed E-state index contributed by atoms with van der Waals surface area (Å²) in [6, 6.07) is 0. The van der Waals surface area contributed by atoms with Gasteiger partial charge in [-0.1, -0.05) is 0 Å². The first-order valence-electron chi connectivity index (χ1n) is 1.46. The van der Waals surface area contributed by atoms with Crippen LogP contribution in [0, 0.1) is 0 Å². The maximum atomic E-state index is 9.93. The summed E-state index contributed by atoms with van der Waals surface area (Å²) in [4.78, 5) is 0.509. The van der Waals surface area contributed by atoms with Crippen LogP contribution in [0.2, 0.25) is 0 Å². The van der Waals surface area contributed by atoms with E-state index in [-0.39, 0.29) is 0 Å². The van der Waals surface area contributed by atoms with Gasteiger partial charge in [-0.2, -0.15) is 0 Å². The first-order chi connectivity index (χ1) is 2.64. The molecule has 0 aliphatic heterocycles. The van der Waals surface area contributed by atoms with Crippen molar-refractivity contribution >= 4 is 11.4 Å². The first-order valence-corrected chi connectivity index (χ1v) is 2.67. The lowest BCUT2D eigenvalue weighted by atomic mass is 10.8. The number of nitrogens with two attached hydrogens (primary N) is 1. The Kier molecular flexibility index (Phi) is 2.23. The maximum Gasteiger partial charge on any atom is 0.140 e. The molecule has 0 saturated carbocycles. The van der Waals surface area contributed by atoms with Gasteiger partial charge in [-0.15, -0.1) is 5.14 Å². The summed E-state index contributed by atoms with van der Waals surface area (Å²) >= 11 is -1.31. The summed E-state index contributed by atoms with van der Waals surface area (Å²) in [5, 5.41) is 4.81. The third-order valence-corrected chi connectivity index (χ3v) is 1.03. The highest BCUT2D eigenvalue weighted by Gasteiger charge is 1.93. The third-order valence-electron chi connectivity index (χ3n) is 0.343. The normalized spacial score (nSPS) is 13.8. The van der Waals surface area contributed by atoms with E-state index in [2.05, 4.69) is 6.58 Å². The van der Waals surface area contributed by atoms with Crippen molar-refractivity contribution in [1.82, 2.24) is 0 Å². The van der Waals surface area contributed by atoms with Crippen LogP contribution in [0.25, 0.3) is 0 Å². The predicted octanol–water partition coefficient (Wildman–Crippen LogP) is 0.142. The zero-order valence-electron chi connectivity index (χ0n) is 3.60.